The number of hydrogen-bond donors (Lipinski definition) is 2. The van der Waals surface area contributed by atoms with E-state index in [1.54, 1.807) is 0 Å². The number of nitrogens with zero attached hydrogens (tertiary/aromatic N) is 1. The molecular weight excluding hydrogens is 322 g/mol. The highest BCUT2D eigenvalue weighted by atomic mass is 79.9. The Balaban J connectivity index is 2.22. The summed E-state index contributed by atoms with van der Waals surface area (Å²) in [5.74, 6) is -0.367. The molecule has 1 aromatic carbocycles. The molecule has 1 aromatic rings. The van der Waals surface area contributed by atoms with Crippen molar-refractivity contribution in [2.75, 3.05) is 6.54 Å². The second kappa shape index (κ2) is 6.06. The summed E-state index contributed by atoms with van der Waals surface area (Å²) >= 11 is 3.18. The molecule has 0 heterocycles. The van der Waals surface area contributed by atoms with Gasteiger partial charge in [0.15, 0.2) is 0 Å². The van der Waals surface area contributed by atoms with Gasteiger partial charge in [0.05, 0.1) is 22.8 Å². The van der Waals surface area contributed by atoms with Crippen molar-refractivity contribution in [3.63, 3.8) is 0 Å². The van der Waals surface area contributed by atoms with E-state index in [1.165, 1.54) is 25.0 Å². The SMILES string of the molecule is N#Cc1cc(Br)c(C(N)=O)c(C(=O)NCCC2CC2)c1. The number of benzene rings is 1. The predicted molar refractivity (Wildman–Crippen MR) is 77.0 cm³/mol. The molecule has 0 atom stereocenters. The van der Waals surface area contributed by atoms with Gasteiger partial charge in [-0.05, 0) is 40.4 Å². The standard InChI is InChI=1S/C14H14BrN3O2/c15-11-6-9(7-16)5-10(12(11)13(17)19)14(20)18-4-3-8-1-2-8/h5-6,8H,1-4H2,(H2,17,19)(H,18,20). The number of carbonyl (C=O) groups excluding carboxylic acids is 2. The van der Waals surface area contributed by atoms with Crippen LogP contribution < -0.4 is 11.1 Å². The van der Waals surface area contributed by atoms with Crippen LogP contribution >= 0.6 is 15.9 Å². The van der Waals surface area contributed by atoms with E-state index < -0.39 is 5.91 Å². The number of nitriles is 1. The van der Waals surface area contributed by atoms with E-state index in [9.17, 15) is 9.59 Å². The summed E-state index contributed by atoms with van der Waals surface area (Å²) in [7, 11) is 0. The maximum Gasteiger partial charge on any atom is 0.252 e. The number of rotatable bonds is 5. The molecule has 0 unspecified atom stereocenters. The molecular formula is C14H14BrN3O2. The van der Waals surface area contributed by atoms with Crippen LogP contribution in [0.1, 0.15) is 45.5 Å². The van der Waals surface area contributed by atoms with Gasteiger partial charge in [-0.2, -0.15) is 5.26 Å². The van der Waals surface area contributed by atoms with Gasteiger partial charge < -0.3 is 11.1 Å². The first-order chi connectivity index (χ1) is 9.52. The fourth-order valence-corrected chi connectivity index (χ4v) is 2.65. The molecule has 1 saturated carbocycles. The van der Waals surface area contributed by atoms with Gasteiger partial charge in [-0.3, -0.25) is 9.59 Å². The van der Waals surface area contributed by atoms with Crippen molar-refractivity contribution >= 4 is 27.7 Å². The average Bonchev–Trinajstić information content (AvgIpc) is 3.21. The molecule has 5 nitrogen and oxygen atoms in total. The zero-order valence-corrected chi connectivity index (χ0v) is 12.4. The largest absolute Gasteiger partial charge is 0.366 e. The van der Waals surface area contributed by atoms with E-state index in [4.69, 9.17) is 11.0 Å². The minimum atomic E-state index is -0.700. The van der Waals surface area contributed by atoms with Crippen LogP contribution in [0.15, 0.2) is 16.6 Å². The van der Waals surface area contributed by atoms with Gasteiger partial charge in [0.2, 0.25) is 0 Å². The lowest BCUT2D eigenvalue weighted by molar-refractivity contribution is 0.0935. The van der Waals surface area contributed by atoms with Crippen molar-refractivity contribution in [3.8, 4) is 6.07 Å². The Kier molecular flexibility index (Phi) is 4.40. The van der Waals surface area contributed by atoms with Crippen molar-refractivity contribution < 1.29 is 9.59 Å². The van der Waals surface area contributed by atoms with Gasteiger partial charge in [0.25, 0.3) is 11.8 Å². The Hall–Kier alpha value is -1.87. The third-order valence-electron chi connectivity index (χ3n) is 3.25. The molecule has 3 N–H and O–H groups in total. The number of carbonyl (C=O) groups is 2. The molecule has 0 radical (unpaired) electrons. The Labute approximate surface area is 125 Å². The molecule has 20 heavy (non-hydrogen) atoms. The van der Waals surface area contributed by atoms with Crippen LogP contribution in [0.4, 0.5) is 0 Å². The van der Waals surface area contributed by atoms with Gasteiger partial charge in [-0.1, -0.05) is 12.8 Å². The Morgan fingerprint density at radius 3 is 2.70 bits per heavy atom. The Morgan fingerprint density at radius 1 is 1.45 bits per heavy atom. The van der Waals surface area contributed by atoms with Crippen LogP contribution in [0.2, 0.25) is 0 Å². The van der Waals surface area contributed by atoms with Crippen LogP contribution in [-0.4, -0.2) is 18.4 Å². The van der Waals surface area contributed by atoms with E-state index >= 15 is 0 Å². The smallest absolute Gasteiger partial charge is 0.252 e. The summed E-state index contributed by atoms with van der Waals surface area (Å²) in [5.41, 5.74) is 5.84. The van der Waals surface area contributed by atoms with E-state index in [2.05, 4.69) is 21.2 Å². The number of amides is 2. The van der Waals surface area contributed by atoms with Crippen molar-refractivity contribution in [1.82, 2.24) is 5.32 Å². The molecule has 1 fully saturated rings. The van der Waals surface area contributed by atoms with Crippen molar-refractivity contribution in [1.29, 1.82) is 5.26 Å². The predicted octanol–water partition coefficient (Wildman–Crippen LogP) is 1.95. The molecule has 2 rings (SSSR count). The molecule has 2 amide bonds. The Bertz CT molecular complexity index is 603. The second-order valence-corrected chi connectivity index (χ2v) is 5.70. The third-order valence-corrected chi connectivity index (χ3v) is 3.87. The fourth-order valence-electron chi connectivity index (χ4n) is 1.99. The zero-order chi connectivity index (χ0) is 14.7. The summed E-state index contributed by atoms with van der Waals surface area (Å²) in [6.45, 7) is 0.566. The highest BCUT2D eigenvalue weighted by molar-refractivity contribution is 9.10. The molecule has 1 aliphatic carbocycles. The van der Waals surface area contributed by atoms with Crippen LogP contribution in [0.25, 0.3) is 0 Å². The lowest BCUT2D eigenvalue weighted by Crippen LogP contribution is -2.28. The van der Waals surface area contributed by atoms with Gasteiger partial charge in [0, 0.05) is 11.0 Å². The van der Waals surface area contributed by atoms with Crippen molar-refractivity contribution in [2.24, 2.45) is 11.7 Å². The van der Waals surface area contributed by atoms with Crippen molar-refractivity contribution in [3.05, 3.63) is 33.3 Å². The first-order valence-corrected chi connectivity index (χ1v) is 7.14. The fraction of sp³-hybridized carbons (Fsp3) is 0.357. The van der Waals surface area contributed by atoms with Crippen molar-refractivity contribution in [2.45, 2.75) is 19.3 Å². The maximum atomic E-state index is 12.1. The molecule has 0 aromatic heterocycles. The summed E-state index contributed by atoms with van der Waals surface area (Å²) in [4.78, 5) is 23.6. The van der Waals surface area contributed by atoms with Gasteiger partial charge in [0.1, 0.15) is 0 Å². The topological polar surface area (TPSA) is 96.0 Å². The molecule has 0 spiro atoms. The maximum absolute atomic E-state index is 12.1. The summed E-state index contributed by atoms with van der Waals surface area (Å²) < 4.78 is 0.358. The normalized spacial score (nSPS) is 13.6. The number of nitrogens with two attached hydrogens (primary N) is 1. The van der Waals surface area contributed by atoms with Crippen LogP contribution in [0.3, 0.4) is 0 Å². The second-order valence-electron chi connectivity index (χ2n) is 4.84. The zero-order valence-electron chi connectivity index (χ0n) is 10.8. The Morgan fingerprint density at radius 2 is 2.15 bits per heavy atom. The highest BCUT2D eigenvalue weighted by Crippen LogP contribution is 2.31. The highest BCUT2D eigenvalue weighted by Gasteiger charge is 2.22. The van der Waals surface area contributed by atoms with E-state index in [-0.39, 0.29) is 17.0 Å². The quantitative estimate of drug-likeness (QED) is 0.860. The summed E-state index contributed by atoms with van der Waals surface area (Å²) in [6, 6.07) is 4.81. The van der Waals surface area contributed by atoms with E-state index in [0.29, 0.717) is 22.5 Å². The van der Waals surface area contributed by atoms with Crippen LogP contribution in [0.5, 0.6) is 0 Å². The molecule has 0 aliphatic heterocycles. The lowest BCUT2D eigenvalue weighted by Gasteiger charge is -2.10. The third kappa shape index (κ3) is 3.36. The number of hydrogen-bond acceptors (Lipinski definition) is 3. The van der Waals surface area contributed by atoms with Crippen LogP contribution in [-0.2, 0) is 0 Å². The molecule has 6 heteroatoms. The first kappa shape index (κ1) is 14.5. The van der Waals surface area contributed by atoms with Crippen LogP contribution in [0, 0.1) is 17.2 Å². The minimum absolute atomic E-state index is 0.105. The van der Waals surface area contributed by atoms with Gasteiger partial charge in [-0.25, -0.2) is 0 Å². The van der Waals surface area contributed by atoms with E-state index in [0.717, 1.165) is 6.42 Å². The number of primary amides is 1. The monoisotopic (exact) mass is 335 g/mol. The molecule has 1 aliphatic rings. The first-order valence-electron chi connectivity index (χ1n) is 6.34. The molecule has 104 valence electrons. The summed E-state index contributed by atoms with van der Waals surface area (Å²) in [6.07, 6.45) is 3.38. The van der Waals surface area contributed by atoms with Gasteiger partial charge >= 0.3 is 0 Å². The van der Waals surface area contributed by atoms with E-state index in [1.807, 2.05) is 6.07 Å². The number of halogens is 1. The number of nitrogens with one attached hydrogen (secondary N) is 1. The van der Waals surface area contributed by atoms with Gasteiger partial charge in [-0.15, -0.1) is 0 Å². The average molecular weight is 336 g/mol. The molecule has 0 saturated heterocycles. The molecule has 0 bridgehead atoms. The lowest BCUT2D eigenvalue weighted by atomic mass is 10.0. The summed E-state index contributed by atoms with van der Waals surface area (Å²) in [5, 5.41) is 11.7. The minimum Gasteiger partial charge on any atom is -0.366 e.